The smallest absolute Gasteiger partial charge is 0.155 e. The molecule has 0 fully saturated rings. The van der Waals surface area contributed by atoms with E-state index in [0.717, 1.165) is 22.4 Å². The van der Waals surface area contributed by atoms with Gasteiger partial charge in [-0.05, 0) is 61.4 Å². The summed E-state index contributed by atoms with van der Waals surface area (Å²) in [5.41, 5.74) is 10.6. The lowest BCUT2D eigenvalue weighted by Gasteiger charge is -2.06. The van der Waals surface area contributed by atoms with Gasteiger partial charge in [-0.2, -0.15) is 4.68 Å². The van der Waals surface area contributed by atoms with Gasteiger partial charge < -0.3 is 5.73 Å². The van der Waals surface area contributed by atoms with Crippen molar-refractivity contribution in [3.8, 4) is 16.9 Å². The van der Waals surface area contributed by atoms with Crippen LogP contribution in [0.15, 0.2) is 42.5 Å². The third kappa shape index (κ3) is 2.50. The molecule has 0 radical (unpaired) electrons. The highest BCUT2D eigenvalue weighted by Gasteiger charge is 2.13. The SMILES string of the molecule is Cc1cc(C)cc(-n2nnc(-c3ccc(F)cc3)c2N)c1. The summed E-state index contributed by atoms with van der Waals surface area (Å²) in [6.07, 6.45) is 0. The first-order valence-corrected chi connectivity index (χ1v) is 6.60. The number of aryl methyl sites for hydroxylation is 2. The fourth-order valence-electron chi connectivity index (χ4n) is 2.37. The zero-order chi connectivity index (χ0) is 15.0. The lowest BCUT2D eigenvalue weighted by Crippen LogP contribution is -2.03. The molecule has 1 heterocycles. The van der Waals surface area contributed by atoms with E-state index in [1.165, 1.54) is 12.1 Å². The van der Waals surface area contributed by atoms with Gasteiger partial charge in [0.05, 0.1) is 5.69 Å². The fourth-order valence-corrected chi connectivity index (χ4v) is 2.37. The van der Waals surface area contributed by atoms with Crippen LogP contribution in [-0.2, 0) is 0 Å². The largest absolute Gasteiger partial charge is 0.382 e. The van der Waals surface area contributed by atoms with Crippen LogP contribution in [0, 0.1) is 19.7 Å². The molecule has 5 heteroatoms. The molecule has 0 bridgehead atoms. The van der Waals surface area contributed by atoms with Crippen LogP contribution in [0.3, 0.4) is 0 Å². The minimum atomic E-state index is -0.293. The van der Waals surface area contributed by atoms with Crippen LogP contribution in [0.5, 0.6) is 0 Å². The molecule has 0 unspecified atom stereocenters. The molecule has 21 heavy (non-hydrogen) atoms. The van der Waals surface area contributed by atoms with Gasteiger partial charge in [0.2, 0.25) is 0 Å². The van der Waals surface area contributed by atoms with Crippen molar-refractivity contribution in [2.45, 2.75) is 13.8 Å². The first-order valence-electron chi connectivity index (χ1n) is 6.60. The van der Waals surface area contributed by atoms with Gasteiger partial charge in [-0.1, -0.05) is 11.3 Å². The van der Waals surface area contributed by atoms with E-state index >= 15 is 0 Å². The Balaban J connectivity index is 2.08. The minimum absolute atomic E-state index is 0.293. The maximum atomic E-state index is 13.0. The molecule has 0 saturated heterocycles. The Kier molecular flexibility index (Phi) is 3.17. The molecule has 0 aliphatic rings. The summed E-state index contributed by atoms with van der Waals surface area (Å²) in [4.78, 5) is 0. The van der Waals surface area contributed by atoms with Gasteiger partial charge in [0.15, 0.2) is 5.82 Å². The lowest BCUT2D eigenvalue weighted by molar-refractivity contribution is 0.628. The van der Waals surface area contributed by atoms with Crippen molar-refractivity contribution in [2.75, 3.05) is 5.73 Å². The van der Waals surface area contributed by atoms with Crippen LogP contribution < -0.4 is 5.73 Å². The second-order valence-electron chi connectivity index (χ2n) is 5.09. The Morgan fingerprint density at radius 2 is 1.62 bits per heavy atom. The van der Waals surface area contributed by atoms with Gasteiger partial charge in [0, 0.05) is 5.56 Å². The van der Waals surface area contributed by atoms with E-state index in [9.17, 15) is 4.39 Å². The molecule has 0 aliphatic heterocycles. The number of halogens is 1. The van der Waals surface area contributed by atoms with Gasteiger partial charge in [-0.25, -0.2) is 4.39 Å². The van der Waals surface area contributed by atoms with E-state index in [-0.39, 0.29) is 5.82 Å². The number of nitrogens with zero attached hydrogens (tertiary/aromatic N) is 3. The Labute approximate surface area is 122 Å². The number of hydrogen-bond acceptors (Lipinski definition) is 3. The normalized spacial score (nSPS) is 10.8. The van der Waals surface area contributed by atoms with Crippen molar-refractivity contribution in [1.82, 2.24) is 15.0 Å². The van der Waals surface area contributed by atoms with E-state index in [0.29, 0.717) is 11.5 Å². The van der Waals surface area contributed by atoms with Crippen LogP contribution in [0.1, 0.15) is 11.1 Å². The van der Waals surface area contributed by atoms with Crippen molar-refractivity contribution in [3.05, 3.63) is 59.4 Å². The minimum Gasteiger partial charge on any atom is -0.382 e. The molecular formula is C16H15FN4. The lowest BCUT2D eigenvalue weighted by atomic mass is 10.1. The van der Waals surface area contributed by atoms with Crippen molar-refractivity contribution in [2.24, 2.45) is 0 Å². The van der Waals surface area contributed by atoms with Crippen molar-refractivity contribution < 1.29 is 4.39 Å². The zero-order valence-corrected chi connectivity index (χ0v) is 11.8. The second-order valence-corrected chi connectivity index (χ2v) is 5.09. The fraction of sp³-hybridized carbons (Fsp3) is 0.125. The average molecular weight is 282 g/mol. The molecule has 0 amide bonds. The summed E-state index contributed by atoms with van der Waals surface area (Å²) in [6.45, 7) is 4.04. The highest BCUT2D eigenvalue weighted by molar-refractivity contribution is 5.70. The Morgan fingerprint density at radius 3 is 2.24 bits per heavy atom. The first kappa shape index (κ1) is 13.3. The van der Waals surface area contributed by atoms with Gasteiger partial charge in [-0.15, -0.1) is 5.10 Å². The molecule has 2 N–H and O–H groups in total. The third-order valence-corrected chi connectivity index (χ3v) is 3.27. The van der Waals surface area contributed by atoms with Crippen LogP contribution in [0.2, 0.25) is 0 Å². The van der Waals surface area contributed by atoms with Crippen LogP contribution in [0.25, 0.3) is 16.9 Å². The second kappa shape index (κ2) is 5.01. The van der Waals surface area contributed by atoms with E-state index in [1.54, 1.807) is 16.8 Å². The number of nitrogen functional groups attached to an aromatic ring is 1. The molecule has 3 aromatic rings. The maximum absolute atomic E-state index is 13.0. The summed E-state index contributed by atoms with van der Waals surface area (Å²) in [6, 6.07) is 12.1. The molecule has 0 aliphatic carbocycles. The quantitative estimate of drug-likeness (QED) is 0.784. The van der Waals surface area contributed by atoms with E-state index in [2.05, 4.69) is 16.4 Å². The van der Waals surface area contributed by atoms with Gasteiger partial charge in [0.1, 0.15) is 11.5 Å². The standard InChI is InChI=1S/C16H15FN4/c1-10-7-11(2)9-14(8-10)21-16(18)15(19-20-21)12-3-5-13(17)6-4-12/h3-9H,18H2,1-2H3. The molecule has 0 spiro atoms. The number of aromatic nitrogens is 3. The Morgan fingerprint density at radius 1 is 1.00 bits per heavy atom. The summed E-state index contributed by atoms with van der Waals surface area (Å²) in [7, 11) is 0. The Hall–Kier alpha value is -2.69. The molecular weight excluding hydrogens is 267 g/mol. The zero-order valence-electron chi connectivity index (χ0n) is 11.8. The highest BCUT2D eigenvalue weighted by Crippen LogP contribution is 2.26. The number of nitrogens with two attached hydrogens (primary N) is 1. The molecule has 1 aromatic heterocycles. The predicted molar refractivity (Wildman–Crippen MR) is 80.6 cm³/mol. The van der Waals surface area contributed by atoms with Crippen LogP contribution >= 0.6 is 0 Å². The van der Waals surface area contributed by atoms with E-state index in [1.807, 2.05) is 26.0 Å². The van der Waals surface area contributed by atoms with Gasteiger partial charge in [-0.3, -0.25) is 0 Å². The van der Waals surface area contributed by atoms with Crippen LogP contribution in [-0.4, -0.2) is 15.0 Å². The molecule has 4 nitrogen and oxygen atoms in total. The molecule has 3 rings (SSSR count). The summed E-state index contributed by atoms with van der Waals surface area (Å²) in [5, 5.41) is 8.23. The predicted octanol–water partition coefficient (Wildman–Crippen LogP) is 3.27. The van der Waals surface area contributed by atoms with E-state index < -0.39 is 0 Å². The summed E-state index contributed by atoms with van der Waals surface area (Å²) < 4.78 is 14.6. The van der Waals surface area contributed by atoms with Crippen LogP contribution in [0.4, 0.5) is 10.2 Å². The summed E-state index contributed by atoms with van der Waals surface area (Å²) >= 11 is 0. The average Bonchev–Trinajstić information content (AvgIpc) is 2.80. The molecule has 2 aromatic carbocycles. The molecule has 106 valence electrons. The summed E-state index contributed by atoms with van der Waals surface area (Å²) in [5.74, 6) is 0.144. The first-order chi connectivity index (χ1) is 10.0. The van der Waals surface area contributed by atoms with Gasteiger partial charge >= 0.3 is 0 Å². The number of benzene rings is 2. The number of rotatable bonds is 2. The van der Waals surface area contributed by atoms with Crippen molar-refractivity contribution in [1.29, 1.82) is 0 Å². The number of hydrogen-bond donors (Lipinski definition) is 1. The van der Waals surface area contributed by atoms with Gasteiger partial charge in [0.25, 0.3) is 0 Å². The monoisotopic (exact) mass is 282 g/mol. The topological polar surface area (TPSA) is 56.7 Å². The number of anilines is 1. The molecule has 0 saturated carbocycles. The van der Waals surface area contributed by atoms with E-state index in [4.69, 9.17) is 5.73 Å². The van der Waals surface area contributed by atoms with Crippen molar-refractivity contribution in [3.63, 3.8) is 0 Å². The maximum Gasteiger partial charge on any atom is 0.155 e. The highest BCUT2D eigenvalue weighted by atomic mass is 19.1. The van der Waals surface area contributed by atoms with Crippen molar-refractivity contribution >= 4 is 5.82 Å². The Bertz CT molecular complexity index is 770. The third-order valence-electron chi connectivity index (χ3n) is 3.27. The molecule has 0 atom stereocenters.